The lowest BCUT2D eigenvalue weighted by molar-refractivity contribution is 0.0691. The molecule has 1 aromatic carbocycles. The molecule has 0 aliphatic carbocycles. The van der Waals surface area contributed by atoms with E-state index in [2.05, 4.69) is 15.9 Å². The summed E-state index contributed by atoms with van der Waals surface area (Å²) in [7, 11) is 1.40. The molecule has 0 heterocycles. The summed E-state index contributed by atoms with van der Waals surface area (Å²) in [6, 6.07) is 4.49. The fourth-order valence-corrected chi connectivity index (χ4v) is 1.56. The molecule has 1 N–H and O–H groups in total. The van der Waals surface area contributed by atoms with Gasteiger partial charge in [0.2, 0.25) is 0 Å². The van der Waals surface area contributed by atoms with Crippen LogP contribution in [-0.4, -0.2) is 28.8 Å². The van der Waals surface area contributed by atoms with E-state index in [1.807, 2.05) is 0 Å². The summed E-state index contributed by atoms with van der Waals surface area (Å²) < 4.78 is 5.00. The van der Waals surface area contributed by atoms with Gasteiger partial charge in [0.25, 0.3) is 0 Å². The second kappa shape index (κ2) is 5.12. The van der Waals surface area contributed by atoms with Crippen LogP contribution in [0.3, 0.4) is 0 Å². The minimum Gasteiger partial charge on any atom is -0.496 e. The largest absolute Gasteiger partial charge is 0.496 e. The monoisotopic (exact) mass is 286 g/mol. The van der Waals surface area contributed by atoms with Crippen LogP contribution in [0.1, 0.15) is 27.6 Å². The number of rotatable bonds is 4. The van der Waals surface area contributed by atoms with Crippen molar-refractivity contribution >= 4 is 27.7 Å². The predicted octanol–water partition coefficient (Wildman–Crippen LogP) is 2.36. The number of ether oxygens (including phenoxy) is 1. The molecule has 1 unspecified atom stereocenters. The van der Waals surface area contributed by atoms with Gasteiger partial charge in [0.15, 0.2) is 5.78 Å². The molecular weight excluding hydrogens is 276 g/mol. The van der Waals surface area contributed by atoms with Gasteiger partial charge in [-0.1, -0.05) is 22.0 Å². The Morgan fingerprint density at radius 3 is 2.50 bits per heavy atom. The molecule has 0 saturated heterocycles. The van der Waals surface area contributed by atoms with E-state index >= 15 is 0 Å². The van der Waals surface area contributed by atoms with Gasteiger partial charge in [0.1, 0.15) is 5.75 Å². The van der Waals surface area contributed by atoms with E-state index in [-0.39, 0.29) is 22.7 Å². The first kappa shape index (κ1) is 12.7. The van der Waals surface area contributed by atoms with Crippen molar-refractivity contribution in [1.82, 2.24) is 0 Å². The SMILES string of the molecule is COc1cccc(C(=O)O)c1C(=O)C(C)Br. The molecule has 0 radical (unpaired) electrons. The summed E-state index contributed by atoms with van der Waals surface area (Å²) in [4.78, 5) is 22.4. The highest BCUT2D eigenvalue weighted by Crippen LogP contribution is 2.25. The quantitative estimate of drug-likeness (QED) is 0.682. The van der Waals surface area contributed by atoms with Gasteiger partial charge in [-0.3, -0.25) is 4.79 Å². The molecule has 0 bridgehead atoms. The third-order valence-electron chi connectivity index (χ3n) is 2.08. The molecule has 0 amide bonds. The van der Waals surface area contributed by atoms with Gasteiger partial charge in [0.05, 0.1) is 23.1 Å². The minimum absolute atomic E-state index is 0.0457. The summed E-state index contributed by atoms with van der Waals surface area (Å²) in [5, 5.41) is 8.99. The summed E-state index contributed by atoms with van der Waals surface area (Å²) >= 11 is 3.13. The van der Waals surface area contributed by atoms with Crippen LogP contribution in [0.2, 0.25) is 0 Å². The van der Waals surface area contributed by atoms with Crippen molar-refractivity contribution in [2.24, 2.45) is 0 Å². The van der Waals surface area contributed by atoms with Gasteiger partial charge in [-0.05, 0) is 19.1 Å². The standard InChI is InChI=1S/C11H11BrO4/c1-6(12)10(13)9-7(11(14)15)4-3-5-8(9)16-2/h3-6H,1-2H3,(H,14,15). The number of carbonyl (C=O) groups excluding carboxylic acids is 1. The van der Waals surface area contributed by atoms with Crippen molar-refractivity contribution in [3.05, 3.63) is 29.3 Å². The van der Waals surface area contributed by atoms with Crippen molar-refractivity contribution < 1.29 is 19.4 Å². The Labute approximate surface area is 101 Å². The maximum absolute atomic E-state index is 11.9. The zero-order chi connectivity index (χ0) is 12.3. The molecule has 1 atom stereocenters. The van der Waals surface area contributed by atoms with E-state index in [0.717, 1.165) is 0 Å². The van der Waals surface area contributed by atoms with E-state index in [0.29, 0.717) is 0 Å². The average Bonchev–Trinajstić information content (AvgIpc) is 2.26. The molecule has 1 rings (SSSR count). The van der Waals surface area contributed by atoms with Crippen LogP contribution < -0.4 is 4.74 Å². The number of carboxylic acids is 1. The van der Waals surface area contributed by atoms with E-state index in [1.54, 1.807) is 13.0 Å². The summed E-state index contributed by atoms with van der Waals surface area (Å²) in [5.41, 5.74) is 0.0533. The van der Waals surface area contributed by atoms with Crippen LogP contribution >= 0.6 is 15.9 Å². The van der Waals surface area contributed by atoms with Gasteiger partial charge in [-0.25, -0.2) is 4.79 Å². The molecule has 4 nitrogen and oxygen atoms in total. The molecule has 86 valence electrons. The maximum Gasteiger partial charge on any atom is 0.336 e. The molecular formula is C11H11BrO4. The first-order chi connectivity index (χ1) is 7.49. The van der Waals surface area contributed by atoms with Crippen LogP contribution in [-0.2, 0) is 0 Å². The number of alkyl halides is 1. The lowest BCUT2D eigenvalue weighted by atomic mass is 10.0. The topological polar surface area (TPSA) is 63.6 Å². The lowest BCUT2D eigenvalue weighted by Crippen LogP contribution is -2.16. The number of benzene rings is 1. The van der Waals surface area contributed by atoms with Crippen LogP contribution in [0.5, 0.6) is 5.75 Å². The fourth-order valence-electron chi connectivity index (χ4n) is 1.33. The predicted molar refractivity (Wildman–Crippen MR) is 62.7 cm³/mol. The molecule has 0 fully saturated rings. The van der Waals surface area contributed by atoms with Crippen molar-refractivity contribution in [3.8, 4) is 5.75 Å². The van der Waals surface area contributed by atoms with E-state index < -0.39 is 10.8 Å². The molecule has 0 aliphatic heterocycles. The van der Waals surface area contributed by atoms with Crippen molar-refractivity contribution in [3.63, 3.8) is 0 Å². The lowest BCUT2D eigenvalue weighted by Gasteiger charge is -2.11. The highest BCUT2D eigenvalue weighted by atomic mass is 79.9. The van der Waals surface area contributed by atoms with Gasteiger partial charge in [0, 0.05) is 0 Å². The van der Waals surface area contributed by atoms with E-state index in [1.165, 1.54) is 19.2 Å². The second-order valence-electron chi connectivity index (χ2n) is 3.17. The van der Waals surface area contributed by atoms with Crippen LogP contribution in [0.25, 0.3) is 0 Å². The van der Waals surface area contributed by atoms with E-state index in [9.17, 15) is 9.59 Å². The average molecular weight is 287 g/mol. The molecule has 0 aliphatic rings. The number of halogens is 1. The minimum atomic E-state index is -1.14. The van der Waals surface area contributed by atoms with Crippen molar-refractivity contribution in [2.45, 2.75) is 11.8 Å². The number of carboxylic acid groups (broad SMARTS) is 1. The zero-order valence-corrected chi connectivity index (χ0v) is 10.4. The Bertz CT molecular complexity index is 426. The number of aromatic carboxylic acids is 1. The molecule has 16 heavy (non-hydrogen) atoms. The maximum atomic E-state index is 11.9. The van der Waals surface area contributed by atoms with Crippen molar-refractivity contribution in [1.29, 1.82) is 0 Å². The van der Waals surface area contributed by atoms with Crippen molar-refractivity contribution in [2.75, 3.05) is 7.11 Å². The van der Waals surface area contributed by atoms with Gasteiger partial charge in [-0.15, -0.1) is 0 Å². The summed E-state index contributed by atoms with van der Waals surface area (Å²) in [5.74, 6) is -1.18. The van der Waals surface area contributed by atoms with Gasteiger partial charge in [-0.2, -0.15) is 0 Å². The molecule has 1 aromatic rings. The fraction of sp³-hybridized carbons (Fsp3) is 0.273. The number of hydrogen-bond acceptors (Lipinski definition) is 3. The number of hydrogen-bond donors (Lipinski definition) is 1. The summed E-state index contributed by atoms with van der Waals surface area (Å²) in [6.07, 6.45) is 0. The first-order valence-corrected chi connectivity index (χ1v) is 5.49. The molecule has 5 heteroatoms. The van der Waals surface area contributed by atoms with Gasteiger partial charge < -0.3 is 9.84 Å². The van der Waals surface area contributed by atoms with Crippen LogP contribution in [0, 0.1) is 0 Å². The highest BCUT2D eigenvalue weighted by molar-refractivity contribution is 9.10. The molecule has 0 spiro atoms. The second-order valence-corrected chi connectivity index (χ2v) is 4.54. The summed E-state index contributed by atoms with van der Waals surface area (Å²) in [6.45, 7) is 1.64. The van der Waals surface area contributed by atoms with Gasteiger partial charge >= 0.3 is 5.97 Å². The third-order valence-corrected chi connectivity index (χ3v) is 2.50. The number of carbonyl (C=O) groups is 2. The van der Waals surface area contributed by atoms with Crippen LogP contribution in [0.15, 0.2) is 18.2 Å². The number of ketones is 1. The Morgan fingerprint density at radius 2 is 2.06 bits per heavy atom. The van der Waals surface area contributed by atoms with E-state index in [4.69, 9.17) is 9.84 Å². The number of Topliss-reactive ketones (excluding diaryl/α,β-unsaturated/α-hetero) is 1. The normalized spacial score (nSPS) is 11.9. The Hall–Kier alpha value is -1.36. The Morgan fingerprint density at radius 1 is 1.44 bits per heavy atom. The van der Waals surface area contributed by atoms with Crippen LogP contribution in [0.4, 0.5) is 0 Å². The third kappa shape index (κ3) is 2.41. The first-order valence-electron chi connectivity index (χ1n) is 4.57. The smallest absolute Gasteiger partial charge is 0.336 e. The Kier molecular flexibility index (Phi) is 4.06. The number of methoxy groups -OCH3 is 1. The molecule has 0 saturated carbocycles. The molecule has 0 aromatic heterocycles. The highest BCUT2D eigenvalue weighted by Gasteiger charge is 2.23. The zero-order valence-electron chi connectivity index (χ0n) is 8.86. The Balaban J connectivity index is 3.42.